The lowest BCUT2D eigenvalue weighted by atomic mass is 10.3. The lowest BCUT2D eigenvalue weighted by molar-refractivity contribution is 0.828. The van der Waals surface area contributed by atoms with E-state index in [1.54, 1.807) is 0 Å². The highest BCUT2D eigenvalue weighted by Crippen LogP contribution is 2.00. The van der Waals surface area contributed by atoms with E-state index in [1.165, 1.54) is 12.8 Å². The Morgan fingerprint density at radius 3 is 2.50 bits per heavy atom. The number of hydrogen-bond donors (Lipinski definition) is 0. The summed E-state index contributed by atoms with van der Waals surface area (Å²) in [5.41, 5.74) is 0. The SMILES string of the molecule is CCCCC#CC[SiH](Cl)Cl. The van der Waals surface area contributed by atoms with E-state index < -0.39 is 7.42 Å². The maximum Gasteiger partial charge on any atom is 0.248 e. The second-order valence-corrected chi connectivity index (χ2v) is 7.07. The van der Waals surface area contributed by atoms with Crippen LogP contribution in [-0.4, -0.2) is 7.42 Å². The maximum atomic E-state index is 5.59. The van der Waals surface area contributed by atoms with Gasteiger partial charge in [-0.3, -0.25) is 0 Å². The van der Waals surface area contributed by atoms with Gasteiger partial charge in [-0.1, -0.05) is 13.3 Å². The molecular weight excluding hydrogens is 183 g/mol. The van der Waals surface area contributed by atoms with E-state index in [2.05, 4.69) is 18.8 Å². The number of halogens is 2. The molecule has 0 atom stereocenters. The first-order chi connectivity index (χ1) is 4.77. The highest BCUT2D eigenvalue weighted by atomic mass is 35.7. The monoisotopic (exact) mass is 194 g/mol. The van der Waals surface area contributed by atoms with Gasteiger partial charge in [-0.15, -0.1) is 34.0 Å². The van der Waals surface area contributed by atoms with Crippen molar-refractivity contribution < 1.29 is 0 Å². The number of unbranched alkanes of at least 4 members (excludes halogenated alkanes) is 2. The van der Waals surface area contributed by atoms with Gasteiger partial charge in [-0.2, -0.15) is 0 Å². The molecule has 10 heavy (non-hydrogen) atoms. The summed E-state index contributed by atoms with van der Waals surface area (Å²) in [7, 11) is -1.45. The molecule has 0 aliphatic rings. The van der Waals surface area contributed by atoms with Gasteiger partial charge in [-0.05, 0) is 6.42 Å². The van der Waals surface area contributed by atoms with Crippen LogP contribution in [0.15, 0.2) is 0 Å². The van der Waals surface area contributed by atoms with Gasteiger partial charge in [0.1, 0.15) is 0 Å². The van der Waals surface area contributed by atoms with E-state index >= 15 is 0 Å². The van der Waals surface area contributed by atoms with Crippen LogP contribution in [0.5, 0.6) is 0 Å². The van der Waals surface area contributed by atoms with Crippen LogP contribution in [0, 0.1) is 11.8 Å². The van der Waals surface area contributed by atoms with Crippen LogP contribution >= 0.6 is 22.2 Å². The summed E-state index contributed by atoms with van der Waals surface area (Å²) in [5.74, 6) is 6.00. The Hall–Kier alpha value is 0.357. The highest BCUT2D eigenvalue weighted by Gasteiger charge is 1.95. The number of rotatable bonds is 3. The van der Waals surface area contributed by atoms with E-state index in [4.69, 9.17) is 22.2 Å². The van der Waals surface area contributed by atoms with Gasteiger partial charge in [-0.25, -0.2) is 0 Å². The summed E-state index contributed by atoms with van der Waals surface area (Å²) in [6.07, 6.45) is 3.38. The first-order valence-electron chi connectivity index (χ1n) is 3.51. The Bertz CT molecular complexity index is 123. The van der Waals surface area contributed by atoms with Crippen molar-refractivity contribution in [2.24, 2.45) is 0 Å². The van der Waals surface area contributed by atoms with Crippen molar-refractivity contribution in [1.29, 1.82) is 0 Å². The molecule has 0 nitrogen and oxygen atoms in total. The van der Waals surface area contributed by atoms with Crippen LogP contribution < -0.4 is 0 Å². The van der Waals surface area contributed by atoms with Crippen molar-refractivity contribution in [2.75, 3.05) is 0 Å². The van der Waals surface area contributed by atoms with Crippen LogP contribution in [0.1, 0.15) is 26.2 Å². The summed E-state index contributed by atoms with van der Waals surface area (Å²) in [6.45, 7) is 2.16. The van der Waals surface area contributed by atoms with E-state index in [0.717, 1.165) is 12.5 Å². The molecule has 0 amide bonds. The molecule has 0 aliphatic carbocycles. The van der Waals surface area contributed by atoms with Crippen molar-refractivity contribution in [3.63, 3.8) is 0 Å². The molecule has 0 fully saturated rings. The van der Waals surface area contributed by atoms with Crippen LogP contribution in [0.2, 0.25) is 6.04 Å². The standard InChI is InChI=1S/C7H12Cl2Si/c1-2-3-4-5-6-7-10(8)9/h10H,2-4,7H2,1H3. The maximum absolute atomic E-state index is 5.59. The summed E-state index contributed by atoms with van der Waals surface area (Å²) in [4.78, 5) is 0. The van der Waals surface area contributed by atoms with Crippen molar-refractivity contribution >= 4 is 29.6 Å². The smallest absolute Gasteiger partial charge is 0.149 e. The fourth-order valence-electron chi connectivity index (χ4n) is 0.503. The molecule has 3 heteroatoms. The molecule has 0 radical (unpaired) electrons. The zero-order valence-corrected chi connectivity index (χ0v) is 8.83. The molecule has 0 bridgehead atoms. The molecule has 0 heterocycles. The van der Waals surface area contributed by atoms with Crippen molar-refractivity contribution in [3.05, 3.63) is 0 Å². The normalized spacial score (nSPS) is 9.20. The first-order valence-corrected chi connectivity index (χ1v) is 7.82. The molecule has 58 valence electrons. The summed E-state index contributed by atoms with van der Waals surface area (Å²) >= 11 is 11.2. The van der Waals surface area contributed by atoms with Crippen LogP contribution in [0.4, 0.5) is 0 Å². The Morgan fingerprint density at radius 1 is 1.30 bits per heavy atom. The summed E-state index contributed by atoms with van der Waals surface area (Å²) in [6, 6.07) is 0.729. The Kier molecular flexibility index (Phi) is 7.73. The fourth-order valence-corrected chi connectivity index (χ4v) is 1.26. The molecule has 0 aromatic carbocycles. The van der Waals surface area contributed by atoms with Crippen molar-refractivity contribution in [3.8, 4) is 11.8 Å². The molecule has 0 aliphatic heterocycles. The molecule has 0 saturated heterocycles. The van der Waals surface area contributed by atoms with Crippen molar-refractivity contribution in [2.45, 2.75) is 32.2 Å². The quantitative estimate of drug-likeness (QED) is 0.281. The Labute approximate surface area is 73.9 Å². The zero-order chi connectivity index (χ0) is 7.82. The van der Waals surface area contributed by atoms with E-state index in [0.29, 0.717) is 0 Å². The average molecular weight is 195 g/mol. The molecule has 0 N–H and O–H groups in total. The lowest BCUT2D eigenvalue weighted by Gasteiger charge is -1.86. The largest absolute Gasteiger partial charge is 0.248 e. The number of hydrogen-bond acceptors (Lipinski definition) is 0. The van der Waals surface area contributed by atoms with E-state index in [9.17, 15) is 0 Å². The Balaban J connectivity index is 3.14. The van der Waals surface area contributed by atoms with Gasteiger partial charge in [0, 0.05) is 12.5 Å². The van der Waals surface area contributed by atoms with Crippen molar-refractivity contribution in [1.82, 2.24) is 0 Å². The summed E-state index contributed by atoms with van der Waals surface area (Å²) in [5, 5.41) is 0. The molecular formula is C7H12Cl2Si. The van der Waals surface area contributed by atoms with Crippen LogP contribution in [-0.2, 0) is 0 Å². The molecule has 0 unspecified atom stereocenters. The predicted molar refractivity (Wildman–Crippen MR) is 51.0 cm³/mol. The molecule has 0 spiro atoms. The minimum Gasteiger partial charge on any atom is -0.149 e. The van der Waals surface area contributed by atoms with E-state index in [-0.39, 0.29) is 0 Å². The van der Waals surface area contributed by atoms with Gasteiger partial charge < -0.3 is 0 Å². The molecule has 0 aromatic heterocycles. The third-order valence-electron chi connectivity index (χ3n) is 1.04. The highest BCUT2D eigenvalue weighted by molar-refractivity contribution is 7.34. The predicted octanol–water partition coefficient (Wildman–Crippen LogP) is 2.88. The second-order valence-electron chi connectivity index (χ2n) is 2.05. The zero-order valence-electron chi connectivity index (χ0n) is 6.16. The second kappa shape index (κ2) is 7.46. The average Bonchev–Trinajstić information content (AvgIpc) is 1.87. The van der Waals surface area contributed by atoms with Gasteiger partial charge in [0.05, 0.1) is 0 Å². The fraction of sp³-hybridized carbons (Fsp3) is 0.714. The third-order valence-corrected chi connectivity index (χ3v) is 2.48. The molecule has 0 aromatic rings. The molecule has 0 saturated carbocycles. The topological polar surface area (TPSA) is 0 Å². The van der Waals surface area contributed by atoms with Gasteiger partial charge in [0.25, 0.3) is 0 Å². The van der Waals surface area contributed by atoms with E-state index in [1.807, 2.05) is 0 Å². The molecule has 0 rings (SSSR count). The van der Waals surface area contributed by atoms with Gasteiger partial charge in [0.2, 0.25) is 7.42 Å². The lowest BCUT2D eigenvalue weighted by Crippen LogP contribution is -1.86. The minimum absolute atomic E-state index is 0.729. The third kappa shape index (κ3) is 8.36. The van der Waals surface area contributed by atoms with Crippen LogP contribution in [0.3, 0.4) is 0 Å². The van der Waals surface area contributed by atoms with Gasteiger partial charge >= 0.3 is 0 Å². The minimum atomic E-state index is -1.45. The summed E-state index contributed by atoms with van der Waals surface area (Å²) < 4.78 is 0. The Morgan fingerprint density at radius 2 is 2.00 bits per heavy atom. The van der Waals surface area contributed by atoms with Gasteiger partial charge in [0.15, 0.2) is 0 Å². The van der Waals surface area contributed by atoms with Crippen LogP contribution in [0.25, 0.3) is 0 Å². The first kappa shape index (κ1) is 10.4.